The number of nitrogens with two attached hydrogens (primary N) is 1. The number of nitrogens with zero attached hydrogens (tertiary/aromatic N) is 3. The number of carboxylic acid groups (broad SMARTS) is 1. The molecule has 2 aromatic rings. The highest BCUT2D eigenvalue weighted by Gasteiger charge is 2.14. The summed E-state index contributed by atoms with van der Waals surface area (Å²) >= 11 is 0. The Bertz CT molecular complexity index is 577. The van der Waals surface area contributed by atoms with Crippen molar-refractivity contribution in [1.82, 2.24) is 15.0 Å². The second-order valence-corrected chi connectivity index (χ2v) is 4.72. The number of aryl methyl sites for hydroxylation is 1. The summed E-state index contributed by atoms with van der Waals surface area (Å²) in [6, 6.07) is 7.11. The van der Waals surface area contributed by atoms with Crippen LogP contribution in [0.3, 0.4) is 0 Å². The number of carbonyl (C=O) groups is 1. The van der Waals surface area contributed by atoms with E-state index in [4.69, 9.17) is 10.8 Å². The third kappa shape index (κ3) is 3.42. The van der Waals surface area contributed by atoms with Crippen LogP contribution in [0, 0.1) is 0 Å². The summed E-state index contributed by atoms with van der Waals surface area (Å²) in [5.41, 5.74) is 8.22. The van der Waals surface area contributed by atoms with Crippen LogP contribution in [0.4, 0.5) is 0 Å². The molecule has 1 aromatic heterocycles. The average Bonchev–Trinajstić information content (AvgIpc) is 2.88. The maximum atomic E-state index is 10.7. The summed E-state index contributed by atoms with van der Waals surface area (Å²) < 4.78 is 1.62. The molecule has 0 fully saturated rings. The predicted octanol–water partition coefficient (Wildman–Crippen LogP) is 1.17. The summed E-state index contributed by atoms with van der Waals surface area (Å²) in [6.07, 6.45) is 4.04. The van der Waals surface area contributed by atoms with Crippen molar-refractivity contribution in [3.05, 3.63) is 41.7 Å². The van der Waals surface area contributed by atoms with Crippen LogP contribution in [0.15, 0.2) is 30.5 Å². The van der Waals surface area contributed by atoms with Crippen LogP contribution in [-0.4, -0.2) is 32.1 Å². The molecule has 0 saturated carbocycles. The number of carboxylic acids is 1. The minimum Gasteiger partial charge on any atom is -0.480 e. The first kappa shape index (κ1) is 14.2. The van der Waals surface area contributed by atoms with E-state index in [-0.39, 0.29) is 6.42 Å². The molecule has 6 nitrogen and oxygen atoms in total. The fourth-order valence-electron chi connectivity index (χ4n) is 1.93. The first-order valence-corrected chi connectivity index (χ1v) is 6.59. The van der Waals surface area contributed by atoms with E-state index < -0.39 is 12.0 Å². The lowest BCUT2D eigenvalue weighted by atomic mass is 10.1. The van der Waals surface area contributed by atoms with E-state index in [1.54, 1.807) is 10.9 Å². The van der Waals surface area contributed by atoms with Gasteiger partial charge in [0, 0.05) is 6.42 Å². The third-order valence-electron chi connectivity index (χ3n) is 3.03. The average molecular weight is 274 g/mol. The Morgan fingerprint density at radius 2 is 2.10 bits per heavy atom. The Morgan fingerprint density at radius 3 is 2.70 bits per heavy atom. The second-order valence-electron chi connectivity index (χ2n) is 4.72. The van der Waals surface area contributed by atoms with Crippen molar-refractivity contribution in [2.24, 2.45) is 5.73 Å². The number of aliphatic carboxylic acids is 1. The topological polar surface area (TPSA) is 94.0 Å². The lowest BCUT2D eigenvalue weighted by molar-refractivity contribution is -0.138. The molecule has 0 radical (unpaired) electrons. The third-order valence-corrected chi connectivity index (χ3v) is 3.03. The Kier molecular flexibility index (Phi) is 4.47. The van der Waals surface area contributed by atoms with Crippen LogP contribution in [0.5, 0.6) is 0 Å². The molecule has 1 unspecified atom stereocenters. The van der Waals surface area contributed by atoms with Gasteiger partial charge in [-0.3, -0.25) is 4.79 Å². The number of aromatic nitrogens is 3. The summed E-state index contributed by atoms with van der Waals surface area (Å²) in [6.45, 7) is 2.14. The molecule has 6 heteroatoms. The van der Waals surface area contributed by atoms with Crippen molar-refractivity contribution in [2.75, 3.05) is 0 Å². The van der Waals surface area contributed by atoms with Crippen molar-refractivity contribution in [2.45, 2.75) is 32.2 Å². The van der Waals surface area contributed by atoms with Gasteiger partial charge in [0.15, 0.2) is 0 Å². The van der Waals surface area contributed by atoms with Crippen molar-refractivity contribution in [1.29, 1.82) is 0 Å². The molecule has 1 atom stereocenters. The highest BCUT2D eigenvalue weighted by Crippen LogP contribution is 2.11. The largest absolute Gasteiger partial charge is 0.480 e. The molecular formula is C14H18N4O2. The van der Waals surface area contributed by atoms with E-state index in [2.05, 4.69) is 29.4 Å². The molecule has 0 aliphatic rings. The van der Waals surface area contributed by atoms with Gasteiger partial charge in [0.25, 0.3) is 0 Å². The van der Waals surface area contributed by atoms with Gasteiger partial charge in [-0.25, -0.2) is 4.68 Å². The maximum Gasteiger partial charge on any atom is 0.320 e. The van der Waals surface area contributed by atoms with Crippen molar-refractivity contribution in [3.63, 3.8) is 0 Å². The molecule has 0 spiro atoms. The van der Waals surface area contributed by atoms with E-state index in [0.29, 0.717) is 5.69 Å². The lowest BCUT2D eigenvalue weighted by Crippen LogP contribution is -2.32. The van der Waals surface area contributed by atoms with Gasteiger partial charge in [-0.2, -0.15) is 0 Å². The van der Waals surface area contributed by atoms with E-state index in [1.807, 2.05) is 12.1 Å². The molecule has 0 aliphatic heterocycles. The molecule has 1 aromatic carbocycles. The molecule has 1 heterocycles. The van der Waals surface area contributed by atoms with Crippen LogP contribution < -0.4 is 5.73 Å². The van der Waals surface area contributed by atoms with Gasteiger partial charge in [-0.1, -0.05) is 30.7 Å². The first-order valence-electron chi connectivity index (χ1n) is 6.59. The van der Waals surface area contributed by atoms with Crippen LogP contribution >= 0.6 is 0 Å². The first-order chi connectivity index (χ1) is 9.60. The zero-order chi connectivity index (χ0) is 14.5. The van der Waals surface area contributed by atoms with Gasteiger partial charge < -0.3 is 10.8 Å². The Labute approximate surface area is 117 Å². The van der Waals surface area contributed by atoms with Crippen LogP contribution in [0.25, 0.3) is 5.69 Å². The Morgan fingerprint density at radius 1 is 1.40 bits per heavy atom. The summed E-state index contributed by atoms with van der Waals surface area (Å²) in [4.78, 5) is 10.7. The fraction of sp³-hybridized carbons (Fsp3) is 0.357. The molecule has 0 aliphatic carbocycles. The molecule has 3 N–H and O–H groups in total. The van der Waals surface area contributed by atoms with Crippen LogP contribution in [0.2, 0.25) is 0 Å². The second kappa shape index (κ2) is 6.29. The van der Waals surface area contributed by atoms with Crippen LogP contribution in [0.1, 0.15) is 24.6 Å². The number of hydrogen-bond donors (Lipinski definition) is 2. The minimum atomic E-state index is -1.04. The van der Waals surface area contributed by atoms with Gasteiger partial charge in [0.1, 0.15) is 6.04 Å². The van der Waals surface area contributed by atoms with Crippen molar-refractivity contribution >= 4 is 5.97 Å². The monoisotopic (exact) mass is 274 g/mol. The number of hydrogen-bond acceptors (Lipinski definition) is 4. The smallest absolute Gasteiger partial charge is 0.320 e. The van der Waals surface area contributed by atoms with Gasteiger partial charge in [-0.05, 0) is 24.1 Å². The molecule has 106 valence electrons. The summed E-state index contributed by atoms with van der Waals surface area (Å²) in [5, 5.41) is 16.7. The molecule has 0 saturated heterocycles. The van der Waals surface area contributed by atoms with Gasteiger partial charge in [0.2, 0.25) is 0 Å². The SMILES string of the molecule is CCCc1ccc(-n2cc(CC(N)C(=O)O)nn2)cc1. The van der Waals surface area contributed by atoms with Crippen LogP contribution in [-0.2, 0) is 17.6 Å². The van der Waals surface area contributed by atoms with Gasteiger partial charge in [0.05, 0.1) is 17.6 Å². The number of benzene rings is 1. The normalized spacial score (nSPS) is 12.3. The predicted molar refractivity (Wildman–Crippen MR) is 74.7 cm³/mol. The van der Waals surface area contributed by atoms with E-state index in [9.17, 15) is 4.79 Å². The molecule has 0 bridgehead atoms. The fourth-order valence-corrected chi connectivity index (χ4v) is 1.93. The van der Waals surface area contributed by atoms with E-state index in [0.717, 1.165) is 18.5 Å². The van der Waals surface area contributed by atoms with E-state index >= 15 is 0 Å². The minimum absolute atomic E-state index is 0.170. The van der Waals surface area contributed by atoms with Gasteiger partial charge >= 0.3 is 5.97 Å². The molecular weight excluding hydrogens is 256 g/mol. The number of rotatable bonds is 6. The zero-order valence-corrected chi connectivity index (χ0v) is 11.4. The molecule has 20 heavy (non-hydrogen) atoms. The summed E-state index contributed by atoms with van der Waals surface area (Å²) in [5.74, 6) is -1.04. The highest BCUT2D eigenvalue weighted by atomic mass is 16.4. The standard InChI is InChI=1S/C14H18N4O2/c1-2-3-10-4-6-12(7-5-10)18-9-11(16-17-18)8-13(15)14(19)20/h4-7,9,13H,2-3,8,15H2,1H3,(H,19,20). The molecule has 2 rings (SSSR count). The van der Waals surface area contributed by atoms with Crippen molar-refractivity contribution < 1.29 is 9.90 Å². The van der Waals surface area contributed by atoms with Crippen molar-refractivity contribution in [3.8, 4) is 5.69 Å². The summed E-state index contributed by atoms with van der Waals surface area (Å²) in [7, 11) is 0. The Balaban J connectivity index is 2.10. The molecule has 0 amide bonds. The lowest BCUT2D eigenvalue weighted by Gasteiger charge is -2.03. The quantitative estimate of drug-likeness (QED) is 0.824. The van der Waals surface area contributed by atoms with Gasteiger partial charge in [-0.15, -0.1) is 5.10 Å². The van der Waals surface area contributed by atoms with E-state index in [1.165, 1.54) is 5.56 Å². The highest BCUT2D eigenvalue weighted by molar-refractivity contribution is 5.73. The zero-order valence-electron chi connectivity index (χ0n) is 11.4. The Hall–Kier alpha value is -2.21. The maximum absolute atomic E-state index is 10.7.